The first kappa shape index (κ1) is 15.3. The van der Waals surface area contributed by atoms with Crippen LogP contribution in [0.5, 0.6) is 0 Å². The zero-order valence-electron chi connectivity index (χ0n) is 13.1. The van der Waals surface area contributed by atoms with Gasteiger partial charge in [0.1, 0.15) is 5.76 Å². The molecule has 0 saturated carbocycles. The highest BCUT2D eigenvalue weighted by Crippen LogP contribution is 2.31. The molecule has 1 aromatic heterocycles. The number of benzene rings is 1. The smallest absolute Gasteiger partial charge is 0.316 e. The Labute approximate surface area is 135 Å². The van der Waals surface area contributed by atoms with Gasteiger partial charge in [0.2, 0.25) is 0 Å². The van der Waals surface area contributed by atoms with Crippen LogP contribution in [0, 0.1) is 0 Å². The van der Waals surface area contributed by atoms with Crippen molar-refractivity contribution in [3.63, 3.8) is 0 Å². The fraction of sp³-hybridized carbons (Fsp3) is 0.333. The Morgan fingerprint density at radius 2 is 2.09 bits per heavy atom. The lowest BCUT2D eigenvalue weighted by atomic mass is 10.1. The molecule has 0 bridgehead atoms. The van der Waals surface area contributed by atoms with Crippen molar-refractivity contribution in [2.45, 2.75) is 32.2 Å². The van der Waals surface area contributed by atoms with Crippen LogP contribution in [0.1, 0.15) is 24.7 Å². The molecule has 1 N–H and O–H groups in total. The molecule has 1 unspecified atom stereocenters. The zero-order valence-corrected chi connectivity index (χ0v) is 13.1. The normalized spacial score (nSPS) is 16.2. The minimum Gasteiger partial charge on any atom is -0.469 e. The first-order chi connectivity index (χ1) is 11.2. The highest BCUT2D eigenvalue weighted by molar-refractivity contribution is 6.40. The SMILES string of the molecule is CC1Cc2ccccc2N1C(=O)C(=O)NCCCc1ccco1. The van der Waals surface area contributed by atoms with E-state index >= 15 is 0 Å². The van der Waals surface area contributed by atoms with Gasteiger partial charge in [0.25, 0.3) is 0 Å². The topological polar surface area (TPSA) is 62.6 Å². The third kappa shape index (κ3) is 3.28. The number of rotatable bonds is 4. The van der Waals surface area contributed by atoms with Gasteiger partial charge in [0.05, 0.1) is 6.26 Å². The van der Waals surface area contributed by atoms with Gasteiger partial charge in [-0.05, 0) is 43.5 Å². The number of fused-ring (bicyclic) bond motifs is 1. The van der Waals surface area contributed by atoms with Gasteiger partial charge < -0.3 is 14.6 Å². The average molecular weight is 312 g/mol. The molecular formula is C18H20N2O3. The number of nitrogens with one attached hydrogen (secondary N) is 1. The van der Waals surface area contributed by atoms with Crippen LogP contribution in [0.15, 0.2) is 47.1 Å². The number of hydrogen-bond acceptors (Lipinski definition) is 3. The summed E-state index contributed by atoms with van der Waals surface area (Å²) in [5.41, 5.74) is 1.95. The number of nitrogens with zero attached hydrogens (tertiary/aromatic N) is 1. The van der Waals surface area contributed by atoms with Crippen LogP contribution >= 0.6 is 0 Å². The lowest BCUT2D eigenvalue weighted by molar-refractivity contribution is -0.137. The van der Waals surface area contributed by atoms with Gasteiger partial charge in [-0.15, -0.1) is 0 Å². The summed E-state index contributed by atoms with van der Waals surface area (Å²) in [6.45, 7) is 2.41. The third-order valence-corrected chi connectivity index (χ3v) is 4.09. The van der Waals surface area contributed by atoms with Gasteiger partial charge in [0, 0.05) is 24.7 Å². The Bertz CT molecular complexity index is 694. The highest BCUT2D eigenvalue weighted by Gasteiger charge is 2.33. The van der Waals surface area contributed by atoms with E-state index in [1.807, 2.05) is 43.3 Å². The lowest BCUT2D eigenvalue weighted by Crippen LogP contribution is -2.45. The van der Waals surface area contributed by atoms with E-state index in [1.165, 1.54) is 0 Å². The maximum absolute atomic E-state index is 12.4. The fourth-order valence-electron chi connectivity index (χ4n) is 2.98. The maximum Gasteiger partial charge on any atom is 0.316 e. The molecule has 1 aliphatic rings. The molecule has 5 nitrogen and oxygen atoms in total. The van der Waals surface area contributed by atoms with Gasteiger partial charge in [-0.3, -0.25) is 9.59 Å². The quantitative estimate of drug-likeness (QED) is 0.696. The van der Waals surface area contributed by atoms with Crippen LogP contribution in [0.3, 0.4) is 0 Å². The molecule has 5 heteroatoms. The van der Waals surface area contributed by atoms with E-state index < -0.39 is 11.8 Å². The van der Waals surface area contributed by atoms with Gasteiger partial charge >= 0.3 is 11.8 Å². The van der Waals surface area contributed by atoms with Crippen LogP contribution in [0.2, 0.25) is 0 Å². The second-order valence-corrected chi connectivity index (χ2v) is 5.80. The van der Waals surface area contributed by atoms with Gasteiger partial charge in [-0.25, -0.2) is 0 Å². The molecule has 0 aliphatic carbocycles. The molecule has 2 amide bonds. The van der Waals surface area contributed by atoms with Crippen LogP contribution in [0.25, 0.3) is 0 Å². The predicted octanol–water partition coefficient (Wildman–Crippen LogP) is 2.31. The minimum absolute atomic E-state index is 0.00812. The Morgan fingerprint density at radius 1 is 1.26 bits per heavy atom. The van der Waals surface area contributed by atoms with E-state index in [-0.39, 0.29) is 6.04 Å². The first-order valence-electron chi connectivity index (χ1n) is 7.88. The van der Waals surface area contributed by atoms with E-state index in [0.717, 1.165) is 36.3 Å². The monoisotopic (exact) mass is 312 g/mol. The molecule has 120 valence electrons. The van der Waals surface area contributed by atoms with Crippen LogP contribution in [-0.2, 0) is 22.4 Å². The van der Waals surface area contributed by atoms with Crippen LogP contribution in [-0.4, -0.2) is 24.4 Å². The minimum atomic E-state index is -0.548. The summed E-state index contributed by atoms with van der Waals surface area (Å²) in [6, 6.07) is 11.5. The zero-order chi connectivity index (χ0) is 16.2. The van der Waals surface area contributed by atoms with Crippen molar-refractivity contribution in [3.8, 4) is 0 Å². The molecule has 2 aromatic rings. The van der Waals surface area contributed by atoms with Crippen LogP contribution in [0.4, 0.5) is 5.69 Å². The summed E-state index contributed by atoms with van der Waals surface area (Å²) in [5, 5.41) is 2.70. The van der Waals surface area contributed by atoms with Crippen LogP contribution < -0.4 is 10.2 Å². The Morgan fingerprint density at radius 3 is 2.87 bits per heavy atom. The average Bonchev–Trinajstić information content (AvgIpc) is 3.17. The number of furan rings is 1. The van der Waals surface area contributed by atoms with E-state index in [1.54, 1.807) is 11.2 Å². The molecule has 0 spiro atoms. The van der Waals surface area contributed by atoms with Gasteiger partial charge in [0.15, 0.2) is 0 Å². The summed E-state index contributed by atoms with van der Waals surface area (Å²) in [7, 11) is 0. The van der Waals surface area contributed by atoms with Gasteiger partial charge in [-0.2, -0.15) is 0 Å². The first-order valence-corrected chi connectivity index (χ1v) is 7.88. The Balaban J connectivity index is 1.54. The van der Waals surface area contributed by atoms with E-state index in [9.17, 15) is 9.59 Å². The van der Waals surface area contributed by atoms with Crippen molar-refractivity contribution in [1.82, 2.24) is 5.32 Å². The molecule has 0 fully saturated rings. The molecular weight excluding hydrogens is 292 g/mol. The Hall–Kier alpha value is -2.56. The van der Waals surface area contributed by atoms with Crippen molar-refractivity contribution < 1.29 is 14.0 Å². The molecule has 2 heterocycles. The fourth-order valence-corrected chi connectivity index (χ4v) is 2.98. The lowest BCUT2D eigenvalue weighted by Gasteiger charge is -2.21. The van der Waals surface area contributed by atoms with Crippen molar-refractivity contribution in [3.05, 3.63) is 54.0 Å². The number of carbonyl (C=O) groups excluding carboxylic acids is 2. The second kappa shape index (κ2) is 6.69. The molecule has 1 aromatic carbocycles. The summed E-state index contributed by atoms with van der Waals surface area (Å²) in [5.74, 6) is -0.152. The van der Waals surface area contributed by atoms with E-state index in [0.29, 0.717) is 6.54 Å². The highest BCUT2D eigenvalue weighted by atomic mass is 16.3. The summed E-state index contributed by atoms with van der Waals surface area (Å²) < 4.78 is 5.23. The number of carbonyl (C=O) groups is 2. The number of anilines is 1. The molecule has 0 radical (unpaired) electrons. The van der Waals surface area contributed by atoms with Crippen molar-refractivity contribution in [2.75, 3.05) is 11.4 Å². The number of amides is 2. The van der Waals surface area contributed by atoms with Gasteiger partial charge in [-0.1, -0.05) is 18.2 Å². The van der Waals surface area contributed by atoms with Crippen molar-refractivity contribution >= 4 is 17.5 Å². The number of aryl methyl sites for hydroxylation is 1. The van der Waals surface area contributed by atoms with Crippen molar-refractivity contribution in [2.24, 2.45) is 0 Å². The molecule has 3 rings (SSSR count). The summed E-state index contributed by atoms with van der Waals surface area (Å²) in [6.07, 6.45) is 3.89. The Kier molecular flexibility index (Phi) is 4.46. The summed E-state index contributed by atoms with van der Waals surface area (Å²) in [4.78, 5) is 26.2. The van der Waals surface area contributed by atoms with Crippen molar-refractivity contribution in [1.29, 1.82) is 0 Å². The number of hydrogen-bond donors (Lipinski definition) is 1. The standard InChI is InChI=1S/C18H20N2O3/c1-13-12-14-6-2-3-9-16(14)20(13)18(22)17(21)19-10-4-7-15-8-5-11-23-15/h2-3,5-6,8-9,11,13H,4,7,10,12H2,1H3,(H,19,21). The summed E-state index contributed by atoms with van der Waals surface area (Å²) >= 11 is 0. The molecule has 0 saturated heterocycles. The third-order valence-electron chi connectivity index (χ3n) is 4.09. The molecule has 1 atom stereocenters. The van der Waals surface area contributed by atoms with E-state index in [4.69, 9.17) is 4.42 Å². The van der Waals surface area contributed by atoms with E-state index in [2.05, 4.69) is 5.32 Å². The largest absolute Gasteiger partial charge is 0.469 e. The molecule has 1 aliphatic heterocycles. The second-order valence-electron chi connectivity index (χ2n) is 5.80. The maximum atomic E-state index is 12.4. The predicted molar refractivity (Wildman–Crippen MR) is 87.1 cm³/mol. The molecule has 23 heavy (non-hydrogen) atoms. The number of para-hydroxylation sites is 1.